The van der Waals surface area contributed by atoms with Crippen LogP contribution in [0, 0.1) is 13.8 Å². The number of hydrogen-bond donors (Lipinski definition) is 2. The number of benzene rings is 1. The van der Waals surface area contributed by atoms with Gasteiger partial charge >= 0.3 is 0 Å². The summed E-state index contributed by atoms with van der Waals surface area (Å²) in [6, 6.07) is 10.2. The number of aryl methyl sites for hydroxylation is 2. The summed E-state index contributed by atoms with van der Waals surface area (Å²) in [5.41, 5.74) is 17.4. The van der Waals surface area contributed by atoms with Crippen LogP contribution in [0.15, 0.2) is 35.3 Å². The molecule has 1 aliphatic heterocycles. The third kappa shape index (κ3) is 2.15. The topological polar surface area (TPSA) is 80.5 Å². The van der Waals surface area contributed by atoms with Crippen LogP contribution in [0.4, 0.5) is 5.82 Å². The molecule has 21 heavy (non-hydrogen) atoms. The van der Waals surface area contributed by atoms with Crippen molar-refractivity contribution in [2.24, 2.45) is 16.5 Å². The molecule has 0 radical (unpaired) electrons. The monoisotopic (exact) mass is 281 g/mol. The van der Waals surface area contributed by atoms with E-state index in [1.165, 1.54) is 11.1 Å². The molecule has 4 N–H and O–H groups in total. The molecule has 3 rings (SSSR count). The van der Waals surface area contributed by atoms with Crippen molar-refractivity contribution in [3.63, 3.8) is 0 Å². The van der Waals surface area contributed by atoms with Crippen LogP contribution >= 0.6 is 0 Å². The summed E-state index contributed by atoms with van der Waals surface area (Å²) in [5.74, 6) is 0.999. The molecule has 0 aliphatic carbocycles. The van der Waals surface area contributed by atoms with E-state index in [1.807, 2.05) is 25.2 Å². The number of nitrogens with zero attached hydrogens (tertiary/aromatic N) is 3. The van der Waals surface area contributed by atoms with Gasteiger partial charge in [-0.1, -0.05) is 18.2 Å². The molecule has 1 atom stereocenters. The number of fused-ring (bicyclic) bond motifs is 1. The number of aromatic nitrogens is 1. The van der Waals surface area contributed by atoms with E-state index in [1.54, 1.807) is 4.90 Å². The molecule has 0 amide bonds. The zero-order valence-electron chi connectivity index (χ0n) is 12.5. The first-order valence-electron chi connectivity index (χ1n) is 6.89. The van der Waals surface area contributed by atoms with E-state index in [4.69, 9.17) is 11.5 Å². The summed E-state index contributed by atoms with van der Waals surface area (Å²) in [5, 5.41) is 0. The summed E-state index contributed by atoms with van der Waals surface area (Å²) in [6.45, 7) is 4.17. The molecule has 1 unspecified atom stereocenters. The maximum atomic E-state index is 6.15. The van der Waals surface area contributed by atoms with Gasteiger partial charge in [0.1, 0.15) is 6.17 Å². The van der Waals surface area contributed by atoms with Crippen molar-refractivity contribution in [1.82, 2.24) is 9.88 Å². The smallest absolute Gasteiger partial charge is 0.199 e. The number of guanidine groups is 1. The van der Waals surface area contributed by atoms with Crippen molar-refractivity contribution >= 4 is 11.8 Å². The van der Waals surface area contributed by atoms with Gasteiger partial charge in [0.25, 0.3) is 0 Å². The van der Waals surface area contributed by atoms with Gasteiger partial charge in [-0.15, -0.1) is 0 Å². The lowest BCUT2D eigenvalue weighted by molar-refractivity contribution is 0.374. The number of nitrogens with two attached hydrogens (primary N) is 2. The summed E-state index contributed by atoms with van der Waals surface area (Å²) in [4.78, 5) is 10.8. The van der Waals surface area contributed by atoms with Crippen molar-refractivity contribution in [3.8, 4) is 11.3 Å². The van der Waals surface area contributed by atoms with E-state index >= 15 is 0 Å². The molecular weight excluding hydrogens is 262 g/mol. The zero-order chi connectivity index (χ0) is 15.1. The minimum absolute atomic E-state index is 0.308. The normalized spacial score (nSPS) is 17.4. The van der Waals surface area contributed by atoms with E-state index in [0.29, 0.717) is 11.8 Å². The highest BCUT2D eigenvalue weighted by atomic mass is 15.3. The third-order valence-corrected chi connectivity index (χ3v) is 3.96. The van der Waals surface area contributed by atoms with Crippen molar-refractivity contribution < 1.29 is 0 Å². The van der Waals surface area contributed by atoms with Gasteiger partial charge in [0, 0.05) is 18.2 Å². The van der Waals surface area contributed by atoms with E-state index < -0.39 is 0 Å². The van der Waals surface area contributed by atoms with Gasteiger partial charge in [0.05, 0.1) is 5.69 Å². The highest BCUT2D eigenvalue weighted by Gasteiger charge is 2.24. The van der Waals surface area contributed by atoms with Crippen LogP contribution in [0.25, 0.3) is 11.3 Å². The first kappa shape index (κ1) is 13.6. The fourth-order valence-corrected chi connectivity index (χ4v) is 2.68. The molecule has 1 aromatic carbocycles. The predicted molar refractivity (Wildman–Crippen MR) is 85.1 cm³/mol. The minimum Gasteiger partial charge on any atom is -0.369 e. The number of pyridine rings is 1. The Hall–Kier alpha value is -2.40. The van der Waals surface area contributed by atoms with Crippen LogP contribution in [0.1, 0.15) is 22.9 Å². The van der Waals surface area contributed by atoms with Gasteiger partial charge in [0.15, 0.2) is 11.8 Å². The Balaban J connectivity index is 2.17. The molecule has 1 aromatic heterocycles. The molecule has 0 saturated carbocycles. The van der Waals surface area contributed by atoms with Gasteiger partial charge in [-0.2, -0.15) is 4.99 Å². The van der Waals surface area contributed by atoms with Crippen LogP contribution < -0.4 is 11.5 Å². The van der Waals surface area contributed by atoms with Gasteiger partial charge in [0.2, 0.25) is 0 Å². The first-order valence-corrected chi connectivity index (χ1v) is 6.89. The fraction of sp³-hybridized carbons (Fsp3) is 0.250. The van der Waals surface area contributed by atoms with E-state index in [-0.39, 0.29) is 6.17 Å². The minimum atomic E-state index is -0.308. The maximum Gasteiger partial charge on any atom is 0.199 e. The average molecular weight is 281 g/mol. The molecule has 2 heterocycles. The Bertz CT molecular complexity index is 715. The van der Waals surface area contributed by atoms with Gasteiger partial charge < -0.3 is 16.4 Å². The number of rotatable bonds is 1. The standard InChI is InChI=1S/C16H19N5/c1-9-5-4-6-10(2)13(9)12-8-7-11-14(17)21(3)16(18)20-15(11)19-12/h4-8,14H,17H2,1-3H3,(H2,18,19,20). The molecule has 0 saturated heterocycles. The summed E-state index contributed by atoms with van der Waals surface area (Å²) in [7, 11) is 1.83. The van der Waals surface area contributed by atoms with Crippen molar-refractivity contribution in [3.05, 3.63) is 47.0 Å². The second kappa shape index (κ2) is 4.86. The Morgan fingerprint density at radius 1 is 1.10 bits per heavy atom. The molecule has 0 spiro atoms. The largest absolute Gasteiger partial charge is 0.369 e. The Kier molecular flexibility index (Phi) is 3.14. The average Bonchev–Trinajstić information content (AvgIpc) is 2.44. The highest BCUT2D eigenvalue weighted by Crippen LogP contribution is 2.33. The van der Waals surface area contributed by atoms with Gasteiger partial charge in [-0.3, -0.25) is 0 Å². The Morgan fingerprint density at radius 3 is 2.43 bits per heavy atom. The molecule has 1 aliphatic rings. The lowest BCUT2D eigenvalue weighted by atomic mass is 9.99. The summed E-state index contributed by atoms with van der Waals surface area (Å²) in [6.07, 6.45) is -0.308. The third-order valence-electron chi connectivity index (χ3n) is 3.96. The number of aliphatic imine (C=N–C) groups is 1. The van der Waals surface area contributed by atoms with Crippen LogP contribution in [0.5, 0.6) is 0 Å². The SMILES string of the molecule is Cc1cccc(C)c1-c1ccc2c(n1)N=C(N)N(C)C2N. The Labute approximate surface area is 124 Å². The maximum absolute atomic E-state index is 6.15. The predicted octanol–water partition coefficient (Wildman–Crippen LogP) is 2.21. The summed E-state index contributed by atoms with van der Waals surface area (Å²) < 4.78 is 0. The molecule has 5 heteroatoms. The van der Waals surface area contributed by atoms with Gasteiger partial charge in [-0.25, -0.2) is 4.98 Å². The van der Waals surface area contributed by atoms with Crippen molar-refractivity contribution in [2.45, 2.75) is 20.0 Å². The van der Waals surface area contributed by atoms with Crippen LogP contribution in [-0.4, -0.2) is 22.9 Å². The lowest BCUT2D eigenvalue weighted by Gasteiger charge is -2.30. The van der Waals surface area contributed by atoms with Crippen LogP contribution in [0.2, 0.25) is 0 Å². The van der Waals surface area contributed by atoms with E-state index in [2.05, 4.69) is 36.0 Å². The lowest BCUT2D eigenvalue weighted by Crippen LogP contribution is -2.43. The molecule has 108 valence electrons. The first-order chi connectivity index (χ1) is 9.99. The van der Waals surface area contributed by atoms with Crippen LogP contribution in [-0.2, 0) is 0 Å². The number of hydrogen-bond acceptors (Lipinski definition) is 5. The van der Waals surface area contributed by atoms with E-state index in [0.717, 1.165) is 16.8 Å². The van der Waals surface area contributed by atoms with Crippen LogP contribution in [0.3, 0.4) is 0 Å². The fourth-order valence-electron chi connectivity index (χ4n) is 2.68. The molecule has 0 bridgehead atoms. The molecule has 2 aromatic rings. The van der Waals surface area contributed by atoms with Crippen molar-refractivity contribution in [2.75, 3.05) is 7.05 Å². The molecule has 0 fully saturated rings. The second-order valence-corrected chi connectivity index (χ2v) is 5.40. The highest BCUT2D eigenvalue weighted by molar-refractivity contribution is 5.83. The van der Waals surface area contributed by atoms with Gasteiger partial charge in [-0.05, 0) is 37.1 Å². The molecular formula is C16H19N5. The second-order valence-electron chi connectivity index (χ2n) is 5.40. The zero-order valence-corrected chi connectivity index (χ0v) is 12.5. The summed E-state index contributed by atoms with van der Waals surface area (Å²) >= 11 is 0. The quantitative estimate of drug-likeness (QED) is 0.840. The molecule has 5 nitrogen and oxygen atoms in total. The van der Waals surface area contributed by atoms with Crippen molar-refractivity contribution in [1.29, 1.82) is 0 Å². The van der Waals surface area contributed by atoms with E-state index in [9.17, 15) is 0 Å². The Morgan fingerprint density at radius 2 is 1.76 bits per heavy atom.